The van der Waals surface area contributed by atoms with Crippen molar-refractivity contribution >= 4 is 0 Å². The summed E-state index contributed by atoms with van der Waals surface area (Å²) < 4.78 is 13.6. The van der Waals surface area contributed by atoms with E-state index in [9.17, 15) is 9.50 Å². The Labute approximate surface area is 102 Å². The maximum Gasteiger partial charge on any atom is 0.129 e. The van der Waals surface area contributed by atoms with Crippen LogP contribution >= 0.6 is 0 Å². The molecule has 0 unspecified atom stereocenters. The molecule has 1 aromatic carbocycles. The van der Waals surface area contributed by atoms with Gasteiger partial charge in [0.05, 0.1) is 6.10 Å². The summed E-state index contributed by atoms with van der Waals surface area (Å²) in [5.41, 5.74) is 0.414. The minimum absolute atomic E-state index is 0.0230. The van der Waals surface area contributed by atoms with Crippen molar-refractivity contribution in [2.24, 2.45) is 0 Å². The summed E-state index contributed by atoms with van der Waals surface area (Å²) in [6.07, 6.45) is 2.28. The summed E-state index contributed by atoms with van der Waals surface area (Å²) in [5, 5.41) is 13.7. The molecule has 2 nitrogen and oxygen atoms in total. The minimum Gasteiger partial charge on any atom is -0.387 e. The average molecular weight is 237 g/mol. The Kier molecular flexibility index (Phi) is 3.50. The van der Waals surface area contributed by atoms with Gasteiger partial charge in [-0.1, -0.05) is 18.2 Å². The van der Waals surface area contributed by atoms with Gasteiger partial charge in [-0.3, -0.25) is 0 Å². The first-order valence-electron chi connectivity index (χ1n) is 6.20. The SMILES string of the molecule is CC1(C)CCC[C@H]([C@@H](O)c2ccccc2F)N1. The number of benzene rings is 1. The number of nitrogens with one attached hydrogen (secondary N) is 1. The van der Waals surface area contributed by atoms with Crippen LogP contribution in [0.3, 0.4) is 0 Å². The number of hydrogen-bond donors (Lipinski definition) is 2. The third-order valence-electron chi connectivity index (χ3n) is 3.50. The Morgan fingerprint density at radius 2 is 2.12 bits per heavy atom. The van der Waals surface area contributed by atoms with Gasteiger partial charge in [0.15, 0.2) is 0 Å². The Hall–Kier alpha value is -0.930. The molecule has 94 valence electrons. The van der Waals surface area contributed by atoms with Crippen LogP contribution in [0.15, 0.2) is 24.3 Å². The summed E-state index contributed by atoms with van der Waals surface area (Å²) >= 11 is 0. The topological polar surface area (TPSA) is 32.3 Å². The fourth-order valence-corrected chi connectivity index (χ4v) is 2.58. The fourth-order valence-electron chi connectivity index (χ4n) is 2.58. The molecule has 1 saturated heterocycles. The molecule has 1 heterocycles. The predicted molar refractivity (Wildman–Crippen MR) is 66.2 cm³/mol. The molecule has 0 aromatic heterocycles. The van der Waals surface area contributed by atoms with E-state index >= 15 is 0 Å². The van der Waals surface area contributed by atoms with Crippen molar-refractivity contribution in [3.63, 3.8) is 0 Å². The van der Waals surface area contributed by atoms with Crippen molar-refractivity contribution in [1.29, 1.82) is 0 Å². The van der Waals surface area contributed by atoms with E-state index in [4.69, 9.17) is 0 Å². The summed E-state index contributed by atoms with van der Waals surface area (Å²) in [7, 11) is 0. The Morgan fingerprint density at radius 3 is 2.76 bits per heavy atom. The van der Waals surface area contributed by atoms with Crippen LogP contribution in [-0.4, -0.2) is 16.7 Å². The Bertz CT molecular complexity index is 392. The molecule has 2 rings (SSSR count). The van der Waals surface area contributed by atoms with E-state index in [1.807, 2.05) is 0 Å². The highest BCUT2D eigenvalue weighted by Crippen LogP contribution is 2.29. The zero-order chi connectivity index (χ0) is 12.5. The Balaban J connectivity index is 2.15. The highest BCUT2D eigenvalue weighted by Gasteiger charge is 2.32. The lowest BCUT2D eigenvalue weighted by molar-refractivity contribution is 0.0817. The predicted octanol–water partition coefficient (Wildman–Crippen LogP) is 2.78. The van der Waals surface area contributed by atoms with Crippen LogP contribution in [0.5, 0.6) is 0 Å². The molecule has 0 aliphatic carbocycles. The van der Waals surface area contributed by atoms with E-state index in [-0.39, 0.29) is 17.4 Å². The molecule has 0 radical (unpaired) electrons. The quantitative estimate of drug-likeness (QED) is 0.829. The van der Waals surface area contributed by atoms with E-state index in [0.717, 1.165) is 19.3 Å². The molecule has 17 heavy (non-hydrogen) atoms. The Morgan fingerprint density at radius 1 is 1.41 bits per heavy atom. The van der Waals surface area contributed by atoms with Gasteiger partial charge in [-0.15, -0.1) is 0 Å². The molecule has 1 aliphatic heterocycles. The van der Waals surface area contributed by atoms with E-state index in [0.29, 0.717) is 5.56 Å². The monoisotopic (exact) mass is 237 g/mol. The zero-order valence-electron chi connectivity index (χ0n) is 10.4. The van der Waals surface area contributed by atoms with E-state index in [1.54, 1.807) is 18.2 Å². The average Bonchev–Trinajstić information content (AvgIpc) is 2.27. The third kappa shape index (κ3) is 2.85. The molecular formula is C14H20FNO. The molecular weight excluding hydrogens is 217 g/mol. The molecule has 1 aliphatic rings. The number of aliphatic hydroxyl groups excluding tert-OH is 1. The number of hydrogen-bond acceptors (Lipinski definition) is 2. The largest absolute Gasteiger partial charge is 0.387 e. The van der Waals surface area contributed by atoms with Crippen LogP contribution in [0, 0.1) is 5.82 Å². The van der Waals surface area contributed by atoms with Crippen molar-refractivity contribution < 1.29 is 9.50 Å². The van der Waals surface area contributed by atoms with Crippen LogP contribution in [-0.2, 0) is 0 Å². The number of halogens is 1. The van der Waals surface area contributed by atoms with Crippen molar-refractivity contribution in [2.45, 2.75) is 50.8 Å². The number of aliphatic hydroxyl groups is 1. The summed E-state index contributed by atoms with van der Waals surface area (Å²) in [6.45, 7) is 4.24. The molecule has 0 saturated carbocycles. The van der Waals surface area contributed by atoms with Gasteiger partial charge in [-0.05, 0) is 39.2 Å². The van der Waals surface area contributed by atoms with Gasteiger partial charge in [-0.2, -0.15) is 0 Å². The van der Waals surface area contributed by atoms with Gasteiger partial charge in [0.1, 0.15) is 5.82 Å². The van der Waals surface area contributed by atoms with Crippen molar-refractivity contribution in [3.8, 4) is 0 Å². The second kappa shape index (κ2) is 4.75. The molecule has 1 fully saturated rings. The lowest BCUT2D eigenvalue weighted by Gasteiger charge is -2.39. The maximum atomic E-state index is 13.6. The van der Waals surface area contributed by atoms with E-state index in [1.165, 1.54) is 6.07 Å². The van der Waals surface area contributed by atoms with Crippen molar-refractivity contribution in [3.05, 3.63) is 35.6 Å². The zero-order valence-corrected chi connectivity index (χ0v) is 10.4. The summed E-state index contributed by atoms with van der Waals surface area (Å²) in [5.74, 6) is -0.329. The lowest BCUT2D eigenvalue weighted by Crippen LogP contribution is -2.51. The molecule has 0 amide bonds. The van der Waals surface area contributed by atoms with Gasteiger partial charge in [-0.25, -0.2) is 4.39 Å². The van der Waals surface area contributed by atoms with Gasteiger partial charge < -0.3 is 10.4 Å². The van der Waals surface area contributed by atoms with Crippen LogP contribution in [0.4, 0.5) is 4.39 Å². The van der Waals surface area contributed by atoms with Crippen molar-refractivity contribution in [2.75, 3.05) is 0 Å². The van der Waals surface area contributed by atoms with Gasteiger partial charge in [0, 0.05) is 17.1 Å². The van der Waals surface area contributed by atoms with Crippen LogP contribution < -0.4 is 5.32 Å². The first-order valence-corrected chi connectivity index (χ1v) is 6.20. The molecule has 3 heteroatoms. The molecule has 0 bridgehead atoms. The first kappa shape index (κ1) is 12.5. The van der Waals surface area contributed by atoms with Gasteiger partial charge in [0.2, 0.25) is 0 Å². The summed E-state index contributed by atoms with van der Waals surface area (Å²) in [6, 6.07) is 6.39. The standard InChI is InChI=1S/C14H20FNO/c1-14(2)9-5-8-12(16-14)13(17)10-6-3-4-7-11(10)15/h3-4,6-7,12-13,16-17H,5,8-9H2,1-2H3/t12-,13+/m1/s1. The molecule has 0 spiro atoms. The second-order valence-electron chi connectivity index (χ2n) is 5.49. The van der Waals surface area contributed by atoms with Gasteiger partial charge in [0.25, 0.3) is 0 Å². The van der Waals surface area contributed by atoms with Crippen LogP contribution in [0.25, 0.3) is 0 Å². The first-order chi connectivity index (χ1) is 7.99. The number of rotatable bonds is 2. The molecule has 2 atom stereocenters. The number of piperidine rings is 1. The van der Waals surface area contributed by atoms with Crippen LogP contribution in [0.2, 0.25) is 0 Å². The van der Waals surface area contributed by atoms with Crippen molar-refractivity contribution in [1.82, 2.24) is 5.32 Å². The highest BCUT2D eigenvalue weighted by molar-refractivity contribution is 5.21. The fraction of sp³-hybridized carbons (Fsp3) is 0.571. The van der Waals surface area contributed by atoms with E-state index in [2.05, 4.69) is 19.2 Å². The smallest absolute Gasteiger partial charge is 0.129 e. The highest BCUT2D eigenvalue weighted by atomic mass is 19.1. The minimum atomic E-state index is -0.768. The molecule has 2 N–H and O–H groups in total. The second-order valence-corrected chi connectivity index (χ2v) is 5.49. The lowest BCUT2D eigenvalue weighted by atomic mass is 9.85. The van der Waals surface area contributed by atoms with E-state index < -0.39 is 6.10 Å². The maximum absolute atomic E-state index is 13.6. The summed E-state index contributed by atoms with van der Waals surface area (Å²) in [4.78, 5) is 0. The molecule has 1 aromatic rings. The van der Waals surface area contributed by atoms with Crippen LogP contribution in [0.1, 0.15) is 44.8 Å². The third-order valence-corrected chi connectivity index (χ3v) is 3.50. The normalized spacial score (nSPS) is 25.5. The van der Waals surface area contributed by atoms with Gasteiger partial charge >= 0.3 is 0 Å².